The van der Waals surface area contributed by atoms with Gasteiger partial charge in [0.15, 0.2) is 0 Å². The summed E-state index contributed by atoms with van der Waals surface area (Å²) < 4.78 is 0. The van der Waals surface area contributed by atoms with Crippen molar-refractivity contribution in [3.05, 3.63) is 0 Å². The summed E-state index contributed by atoms with van der Waals surface area (Å²) in [4.78, 5) is 2.30. The maximum Gasteiger partial charge on any atom is 0.0635 e. The minimum atomic E-state index is 0.576. The maximum absolute atomic E-state index is 8.66. The third-order valence-corrected chi connectivity index (χ3v) is 3.86. The fourth-order valence-electron chi connectivity index (χ4n) is 2.71. The molecule has 0 bridgehead atoms. The van der Waals surface area contributed by atoms with E-state index in [1.54, 1.807) is 0 Å². The van der Waals surface area contributed by atoms with Crippen molar-refractivity contribution < 1.29 is 0 Å². The molecule has 94 valence electrons. The molecule has 3 heteroatoms. The first-order chi connectivity index (χ1) is 8.27. The van der Waals surface area contributed by atoms with E-state index in [4.69, 9.17) is 10.5 Å². The van der Waals surface area contributed by atoms with Crippen molar-refractivity contribution in [2.75, 3.05) is 19.6 Å². The number of hydrogen-bond acceptors (Lipinski definition) is 3. The highest BCUT2D eigenvalue weighted by atomic mass is 15.1. The first-order valence-electron chi connectivity index (χ1n) is 6.74. The molecular formula is C14H23N3. The minimum absolute atomic E-state index is 0.576. The van der Waals surface area contributed by atoms with Gasteiger partial charge in [0.25, 0.3) is 0 Å². The Balaban J connectivity index is 2.40. The standard InChI is InChI=1S/C14H23N3/c1-13-6-2-3-7-14(13)12-17(10-4-8-15)11-5-9-16/h13-14H,2-7,10-12H2,1H3/t13-,14-/m0/s1. The molecule has 0 aromatic rings. The molecule has 0 aliphatic heterocycles. The second-order valence-electron chi connectivity index (χ2n) is 5.14. The van der Waals surface area contributed by atoms with Gasteiger partial charge in [-0.3, -0.25) is 0 Å². The van der Waals surface area contributed by atoms with E-state index in [2.05, 4.69) is 24.0 Å². The lowest BCUT2D eigenvalue weighted by atomic mass is 9.80. The molecule has 3 nitrogen and oxygen atoms in total. The van der Waals surface area contributed by atoms with Crippen LogP contribution in [0.4, 0.5) is 0 Å². The van der Waals surface area contributed by atoms with Crippen LogP contribution >= 0.6 is 0 Å². The molecule has 0 heterocycles. The summed E-state index contributed by atoms with van der Waals surface area (Å²) in [5, 5.41) is 17.3. The summed E-state index contributed by atoms with van der Waals surface area (Å²) in [7, 11) is 0. The van der Waals surface area contributed by atoms with E-state index in [9.17, 15) is 0 Å². The molecule has 1 saturated carbocycles. The van der Waals surface area contributed by atoms with Crippen molar-refractivity contribution in [3.63, 3.8) is 0 Å². The number of hydrogen-bond donors (Lipinski definition) is 0. The summed E-state index contributed by atoms with van der Waals surface area (Å²) in [5.41, 5.74) is 0. The fraction of sp³-hybridized carbons (Fsp3) is 0.857. The maximum atomic E-state index is 8.66. The van der Waals surface area contributed by atoms with Gasteiger partial charge in [0.2, 0.25) is 0 Å². The summed E-state index contributed by atoms with van der Waals surface area (Å²) in [5.74, 6) is 1.57. The molecule has 0 unspecified atom stereocenters. The van der Waals surface area contributed by atoms with E-state index in [-0.39, 0.29) is 0 Å². The van der Waals surface area contributed by atoms with Crippen LogP contribution in [0.15, 0.2) is 0 Å². The molecule has 0 radical (unpaired) electrons. The molecule has 0 saturated heterocycles. The quantitative estimate of drug-likeness (QED) is 0.708. The van der Waals surface area contributed by atoms with Gasteiger partial charge in [-0.15, -0.1) is 0 Å². The topological polar surface area (TPSA) is 50.8 Å². The molecule has 1 fully saturated rings. The smallest absolute Gasteiger partial charge is 0.0635 e. The second kappa shape index (κ2) is 8.09. The molecule has 2 atom stereocenters. The first kappa shape index (κ1) is 14.0. The molecule has 0 aromatic carbocycles. The first-order valence-corrected chi connectivity index (χ1v) is 6.74. The Morgan fingerprint density at radius 3 is 2.18 bits per heavy atom. The van der Waals surface area contributed by atoms with Crippen LogP contribution in [0.2, 0.25) is 0 Å². The highest BCUT2D eigenvalue weighted by molar-refractivity contribution is 4.80. The van der Waals surface area contributed by atoms with Crippen LogP contribution in [0.3, 0.4) is 0 Å². The van der Waals surface area contributed by atoms with Crippen molar-refractivity contribution in [1.29, 1.82) is 10.5 Å². The molecule has 0 N–H and O–H groups in total. The molecule has 0 aromatic heterocycles. The summed E-state index contributed by atoms with van der Waals surface area (Å²) >= 11 is 0. The minimum Gasteiger partial charge on any atom is -0.301 e. The third kappa shape index (κ3) is 5.20. The van der Waals surface area contributed by atoms with Crippen LogP contribution in [0, 0.1) is 34.5 Å². The third-order valence-electron chi connectivity index (χ3n) is 3.86. The Bertz CT molecular complexity index is 269. The number of nitrogens with zero attached hydrogens (tertiary/aromatic N) is 3. The Kier molecular flexibility index (Phi) is 6.67. The van der Waals surface area contributed by atoms with E-state index >= 15 is 0 Å². The van der Waals surface area contributed by atoms with Crippen molar-refractivity contribution in [2.45, 2.75) is 45.4 Å². The summed E-state index contributed by atoms with van der Waals surface area (Å²) in [6.07, 6.45) is 6.53. The average Bonchev–Trinajstić information content (AvgIpc) is 2.35. The predicted octanol–water partition coefficient (Wildman–Crippen LogP) is 2.94. The Morgan fingerprint density at radius 2 is 1.65 bits per heavy atom. The molecule has 17 heavy (non-hydrogen) atoms. The van der Waals surface area contributed by atoms with Crippen molar-refractivity contribution in [3.8, 4) is 12.1 Å². The SMILES string of the molecule is C[C@H]1CCCC[C@H]1CN(CCC#N)CCC#N. The van der Waals surface area contributed by atoms with Crippen molar-refractivity contribution in [2.24, 2.45) is 11.8 Å². The molecule has 1 rings (SSSR count). The van der Waals surface area contributed by atoms with Gasteiger partial charge in [-0.1, -0.05) is 26.2 Å². The normalized spacial score (nSPS) is 24.2. The van der Waals surface area contributed by atoms with Crippen LogP contribution in [0.1, 0.15) is 45.4 Å². The average molecular weight is 233 g/mol. The van der Waals surface area contributed by atoms with Crippen LogP contribution in [-0.2, 0) is 0 Å². The molecule has 0 spiro atoms. The van der Waals surface area contributed by atoms with Gasteiger partial charge in [-0.05, 0) is 18.3 Å². The van der Waals surface area contributed by atoms with Crippen molar-refractivity contribution >= 4 is 0 Å². The lowest BCUT2D eigenvalue weighted by Crippen LogP contribution is -2.35. The Hall–Kier alpha value is -1.06. The molecule has 1 aliphatic rings. The van der Waals surface area contributed by atoms with Gasteiger partial charge < -0.3 is 4.90 Å². The van der Waals surface area contributed by atoms with Crippen LogP contribution < -0.4 is 0 Å². The number of nitriles is 2. The van der Waals surface area contributed by atoms with Crippen LogP contribution in [0.25, 0.3) is 0 Å². The molecular weight excluding hydrogens is 210 g/mol. The fourth-order valence-corrected chi connectivity index (χ4v) is 2.71. The van der Waals surface area contributed by atoms with E-state index in [1.165, 1.54) is 25.7 Å². The summed E-state index contributed by atoms with van der Waals surface area (Å²) in [6, 6.07) is 4.40. The van der Waals surface area contributed by atoms with Crippen LogP contribution in [0.5, 0.6) is 0 Å². The highest BCUT2D eigenvalue weighted by Gasteiger charge is 2.23. The van der Waals surface area contributed by atoms with E-state index in [0.29, 0.717) is 12.8 Å². The molecule has 1 aliphatic carbocycles. The van der Waals surface area contributed by atoms with E-state index < -0.39 is 0 Å². The largest absolute Gasteiger partial charge is 0.301 e. The van der Waals surface area contributed by atoms with E-state index in [1.807, 2.05) is 0 Å². The zero-order valence-corrected chi connectivity index (χ0v) is 10.9. The van der Waals surface area contributed by atoms with Gasteiger partial charge in [0.1, 0.15) is 0 Å². The monoisotopic (exact) mass is 233 g/mol. The zero-order chi connectivity index (χ0) is 12.5. The summed E-state index contributed by atoms with van der Waals surface area (Å²) in [6.45, 7) is 5.06. The Labute approximate surface area is 105 Å². The number of rotatable bonds is 6. The van der Waals surface area contributed by atoms with Crippen LogP contribution in [-0.4, -0.2) is 24.5 Å². The lowest BCUT2D eigenvalue weighted by molar-refractivity contribution is 0.163. The second-order valence-corrected chi connectivity index (χ2v) is 5.14. The van der Waals surface area contributed by atoms with E-state index in [0.717, 1.165) is 31.5 Å². The van der Waals surface area contributed by atoms with Gasteiger partial charge >= 0.3 is 0 Å². The van der Waals surface area contributed by atoms with Gasteiger partial charge in [-0.25, -0.2) is 0 Å². The van der Waals surface area contributed by atoms with Crippen molar-refractivity contribution in [1.82, 2.24) is 4.90 Å². The van der Waals surface area contributed by atoms with Gasteiger partial charge in [0, 0.05) is 32.5 Å². The van der Waals surface area contributed by atoms with Gasteiger partial charge in [-0.2, -0.15) is 10.5 Å². The Morgan fingerprint density at radius 1 is 1.06 bits per heavy atom. The lowest BCUT2D eigenvalue weighted by Gasteiger charge is -2.33. The highest BCUT2D eigenvalue weighted by Crippen LogP contribution is 2.30. The molecule has 0 amide bonds. The zero-order valence-electron chi connectivity index (χ0n) is 10.9. The predicted molar refractivity (Wildman–Crippen MR) is 68.0 cm³/mol. The van der Waals surface area contributed by atoms with Gasteiger partial charge in [0.05, 0.1) is 12.1 Å².